The minimum atomic E-state index is -0.898. The first-order chi connectivity index (χ1) is 11.1. The van der Waals surface area contributed by atoms with Crippen molar-refractivity contribution in [2.24, 2.45) is 5.73 Å². The van der Waals surface area contributed by atoms with Gasteiger partial charge in [0, 0.05) is 17.3 Å². The summed E-state index contributed by atoms with van der Waals surface area (Å²) in [7, 11) is 0. The van der Waals surface area contributed by atoms with Gasteiger partial charge in [-0.1, -0.05) is 30.3 Å². The number of nitrogens with one attached hydrogen (secondary N) is 2. The molecule has 2 amide bonds. The van der Waals surface area contributed by atoms with Crippen molar-refractivity contribution < 1.29 is 9.59 Å². The van der Waals surface area contributed by atoms with E-state index in [1.54, 1.807) is 30.3 Å². The molecule has 7 heteroatoms. The number of fused-ring (bicyclic) bond motifs is 1. The van der Waals surface area contributed by atoms with Gasteiger partial charge in [-0.25, -0.2) is 4.98 Å². The molecule has 0 bridgehead atoms. The first-order valence-corrected chi connectivity index (χ1v) is 7.02. The maximum absolute atomic E-state index is 12.4. The summed E-state index contributed by atoms with van der Waals surface area (Å²) >= 11 is 0. The molecule has 7 nitrogen and oxygen atoms in total. The number of primary amides is 1. The van der Waals surface area contributed by atoms with Crippen LogP contribution in [0.4, 0.5) is 0 Å². The van der Waals surface area contributed by atoms with Gasteiger partial charge >= 0.3 is 0 Å². The minimum Gasteiger partial charge on any atom is -0.368 e. The maximum atomic E-state index is 12.4. The van der Waals surface area contributed by atoms with Crippen LogP contribution in [0.5, 0.6) is 0 Å². The van der Waals surface area contributed by atoms with E-state index in [1.807, 2.05) is 13.0 Å². The van der Waals surface area contributed by atoms with Crippen molar-refractivity contribution in [1.29, 1.82) is 0 Å². The average Bonchev–Trinajstić information content (AvgIpc) is 2.93. The van der Waals surface area contributed by atoms with Gasteiger partial charge in [0.2, 0.25) is 5.91 Å². The molecule has 0 unspecified atom stereocenters. The second kappa shape index (κ2) is 5.88. The summed E-state index contributed by atoms with van der Waals surface area (Å²) in [5.74, 6) is -1.05. The van der Waals surface area contributed by atoms with Crippen LogP contribution in [0.3, 0.4) is 0 Å². The Hall–Kier alpha value is -3.22. The third kappa shape index (κ3) is 2.89. The highest BCUT2D eigenvalue weighted by molar-refractivity contribution is 5.99. The van der Waals surface area contributed by atoms with E-state index < -0.39 is 17.9 Å². The van der Waals surface area contributed by atoms with E-state index in [0.717, 1.165) is 11.1 Å². The van der Waals surface area contributed by atoms with Gasteiger partial charge in [-0.2, -0.15) is 5.10 Å². The number of benzene rings is 1. The van der Waals surface area contributed by atoms with Gasteiger partial charge in [-0.05, 0) is 18.6 Å². The van der Waals surface area contributed by atoms with E-state index in [1.165, 1.54) is 6.20 Å². The number of aromatic amines is 1. The Kier molecular flexibility index (Phi) is 3.76. The highest BCUT2D eigenvalue weighted by Crippen LogP contribution is 2.16. The van der Waals surface area contributed by atoms with Crippen molar-refractivity contribution in [2.75, 3.05) is 0 Å². The standard InChI is InChI=1S/C16H15N5O2/c1-9-12-7-11(8-18-15(12)21-20-9)16(23)19-13(14(17)22)10-5-3-2-4-6-10/h2-8,13H,1H3,(H2,17,22)(H,19,23)(H,18,20,21)/t13-/m1/s1. The Morgan fingerprint density at radius 1 is 1.26 bits per heavy atom. The Balaban J connectivity index is 1.88. The molecule has 1 aromatic carbocycles. The molecular formula is C16H15N5O2. The van der Waals surface area contributed by atoms with Crippen molar-refractivity contribution in [1.82, 2.24) is 20.5 Å². The van der Waals surface area contributed by atoms with Crippen molar-refractivity contribution in [3.05, 3.63) is 59.4 Å². The van der Waals surface area contributed by atoms with E-state index in [4.69, 9.17) is 5.73 Å². The number of aromatic nitrogens is 3. The number of carbonyl (C=O) groups excluding carboxylic acids is 2. The van der Waals surface area contributed by atoms with Gasteiger partial charge in [0.25, 0.3) is 5.91 Å². The predicted octanol–water partition coefficient (Wildman–Crippen LogP) is 1.22. The quantitative estimate of drug-likeness (QED) is 0.672. The van der Waals surface area contributed by atoms with Crippen molar-refractivity contribution in [3.63, 3.8) is 0 Å². The van der Waals surface area contributed by atoms with Crippen LogP contribution in [0.2, 0.25) is 0 Å². The normalized spacial score (nSPS) is 12.0. The zero-order valence-corrected chi connectivity index (χ0v) is 12.4. The van der Waals surface area contributed by atoms with Crippen LogP contribution in [0.15, 0.2) is 42.6 Å². The van der Waals surface area contributed by atoms with Crippen molar-refractivity contribution >= 4 is 22.8 Å². The van der Waals surface area contributed by atoms with Crippen LogP contribution in [0.25, 0.3) is 11.0 Å². The molecule has 0 radical (unpaired) electrons. The van der Waals surface area contributed by atoms with Crippen LogP contribution < -0.4 is 11.1 Å². The zero-order chi connectivity index (χ0) is 16.4. The molecule has 1 atom stereocenters. The number of H-pyrrole nitrogens is 1. The Morgan fingerprint density at radius 3 is 2.70 bits per heavy atom. The maximum Gasteiger partial charge on any atom is 0.253 e. The topological polar surface area (TPSA) is 114 Å². The molecule has 2 aromatic heterocycles. The second-order valence-corrected chi connectivity index (χ2v) is 5.16. The van der Waals surface area contributed by atoms with E-state index in [-0.39, 0.29) is 0 Å². The van der Waals surface area contributed by atoms with Gasteiger partial charge in [0.1, 0.15) is 6.04 Å². The molecule has 3 rings (SSSR count). The molecule has 4 N–H and O–H groups in total. The third-order valence-corrected chi connectivity index (χ3v) is 3.56. The average molecular weight is 309 g/mol. The SMILES string of the molecule is Cc1[nH]nc2ncc(C(=O)N[C@@H](C(N)=O)c3ccccc3)cc12. The van der Waals surface area contributed by atoms with Crippen LogP contribution in [0.1, 0.15) is 27.7 Å². The second-order valence-electron chi connectivity index (χ2n) is 5.16. The predicted molar refractivity (Wildman–Crippen MR) is 84.5 cm³/mol. The smallest absolute Gasteiger partial charge is 0.253 e. The summed E-state index contributed by atoms with van der Waals surface area (Å²) in [6.45, 7) is 1.84. The molecule has 0 aliphatic carbocycles. The summed E-state index contributed by atoms with van der Waals surface area (Å²) in [6, 6.07) is 9.63. The summed E-state index contributed by atoms with van der Waals surface area (Å²) in [6.07, 6.45) is 1.42. The summed E-state index contributed by atoms with van der Waals surface area (Å²) in [4.78, 5) is 28.2. The highest BCUT2D eigenvalue weighted by Gasteiger charge is 2.21. The lowest BCUT2D eigenvalue weighted by Gasteiger charge is -2.15. The van der Waals surface area contributed by atoms with Crippen LogP contribution in [0, 0.1) is 6.92 Å². The van der Waals surface area contributed by atoms with Gasteiger partial charge in [-0.15, -0.1) is 0 Å². The number of hydrogen-bond donors (Lipinski definition) is 3. The fourth-order valence-corrected chi connectivity index (χ4v) is 2.32. The third-order valence-electron chi connectivity index (χ3n) is 3.56. The van der Waals surface area contributed by atoms with Gasteiger partial charge in [0.05, 0.1) is 5.56 Å². The first-order valence-electron chi connectivity index (χ1n) is 7.02. The lowest BCUT2D eigenvalue weighted by molar-refractivity contribution is -0.120. The first kappa shape index (κ1) is 14.7. The molecule has 0 saturated carbocycles. The molecule has 0 spiro atoms. The highest BCUT2D eigenvalue weighted by atomic mass is 16.2. The zero-order valence-electron chi connectivity index (χ0n) is 12.4. The number of nitrogens with zero attached hydrogens (tertiary/aromatic N) is 2. The Bertz CT molecular complexity index is 873. The number of nitrogens with two attached hydrogens (primary N) is 1. The van der Waals surface area contributed by atoms with Gasteiger partial charge < -0.3 is 11.1 Å². The van der Waals surface area contributed by atoms with E-state index in [2.05, 4.69) is 20.5 Å². The fraction of sp³-hybridized carbons (Fsp3) is 0.125. The van der Waals surface area contributed by atoms with Gasteiger partial charge in [-0.3, -0.25) is 14.7 Å². The minimum absolute atomic E-state index is 0.337. The molecule has 0 aliphatic rings. The number of amides is 2. The lowest BCUT2D eigenvalue weighted by atomic mass is 10.1. The largest absolute Gasteiger partial charge is 0.368 e. The number of hydrogen-bond acceptors (Lipinski definition) is 4. The summed E-state index contributed by atoms with van der Waals surface area (Å²) in [5, 5.41) is 10.2. The molecular weight excluding hydrogens is 294 g/mol. The summed E-state index contributed by atoms with van der Waals surface area (Å²) in [5.41, 5.74) is 7.72. The van der Waals surface area contributed by atoms with Crippen LogP contribution in [-0.4, -0.2) is 27.0 Å². The molecule has 3 aromatic rings. The molecule has 0 saturated heterocycles. The lowest BCUT2D eigenvalue weighted by Crippen LogP contribution is -2.37. The molecule has 2 heterocycles. The number of carbonyl (C=O) groups is 2. The van der Waals surface area contributed by atoms with Crippen LogP contribution in [-0.2, 0) is 4.79 Å². The van der Waals surface area contributed by atoms with E-state index in [9.17, 15) is 9.59 Å². The van der Waals surface area contributed by atoms with Crippen LogP contribution >= 0.6 is 0 Å². The molecule has 116 valence electrons. The monoisotopic (exact) mass is 309 g/mol. The fourth-order valence-electron chi connectivity index (χ4n) is 2.32. The summed E-state index contributed by atoms with van der Waals surface area (Å²) < 4.78 is 0. The number of pyridine rings is 1. The van der Waals surface area contributed by atoms with E-state index >= 15 is 0 Å². The number of rotatable bonds is 4. The van der Waals surface area contributed by atoms with E-state index in [0.29, 0.717) is 16.8 Å². The molecule has 0 fully saturated rings. The Morgan fingerprint density at radius 2 is 2.00 bits per heavy atom. The molecule has 23 heavy (non-hydrogen) atoms. The Labute approximate surface area is 131 Å². The van der Waals surface area contributed by atoms with Crippen molar-refractivity contribution in [2.45, 2.75) is 13.0 Å². The van der Waals surface area contributed by atoms with Crippen molar-refractivity contribution in [3.8, 4) is 0 Å². The van der Waals surface area contributed by atoms with Gasteiger partial charge in [0.15, 0.2) is 5.65 Å². The number of aryl methyl sites for hydroxylation is 1. The molecule has 0 aliphatic heterocycles.